The van der Waals surface area contributed by atoms with Gasteiger partial charge in [0.1, 0.15) is 5.15 Å². The van der Waals surface area contributed by atoms with E-state index >= 15 is 0 Å². The molecule has 0 spiro atoms. The number of aromatic nitrogens is 2. The lowest BCUT2D eigenvalue weighted by Crippen LogP contribution is -2.37. The topological polar surface area (TPSA) is 67.2 Å². The van der Waals surface area contributed by atoms with E-state index in [1.165, 1.54) is 10.4 Å². The predicted molar refractivity (Wildman–Crippen MR) is 118 cm³/mol. The van der Waals surface area contributed by atoms with Crippen LogP contribution in [0.3, 0.4) is 0 Å². The van der Waals surface area contributed by atoms with Gasteiger partial charge in [-0.25, -0.2) is 4.68 Å². The zero-order valence-corrected chi connectivity index (χ0v) is 18.3. The summed E-state index contributed by atoms with van der Waals surface area (Å²) in [6, 6.07) is 11.9. The minimum atomic E-state index is -0.302. The van der Waals surface area contributed by atoms with Crippen molar-refractivity contribution in [2.75, 3.05) is 13.1 Å². The maximum atomic E-state index is 12.7. The first-order valence-electron chi connectivity index (χ1n) is 9.91. The molecule has 0 saturated carbocycles. The molecule has 2 aromatic heterocycles. The highest BCUT2D eigenvalue weighted by Crippen LogP contribution is 2.24. The molecule has 1 aromatic carbocycles. The molecular formula is C22H23ClN4O2S. The first-order chi connectivity index (χ1) is 14.5. The zero-order valence-electron chi connectivity index (χ0n) is 16.7. The van der Waals surface area contributed by atoms with Crippen LogP contribution in [0.25, 0.3) is 0 Å². The molecule has 3 heterocycles. The number of nitrogens with one attached hydrogen (secondary N) is 1. The van der Waals surface area contributed by atoms with Crippen molar-refractivity contribution < 1.29 is 9.59 Å². The van der Waals surface area contributed by atoms with Gasteiger partial charge in [-0.2, -0.15) is 5.10 Å². The average molecular weight is 443 g/mol. The molecule has 1 aliphatic heterocycles. The first-order valence-corrected chi connectivity index (χ1v) is 11.2. The highest BCUT2D eigenvalue weighted by molar-refractivity contribution is 7.10. The third-order valence-corrected chi connectivity index (χ3v) is 6.66. The quantitative estimate of drug-likeness (QED) is 0.633. The minimum Gasteiger partial charge on any atom is -0.351 e. The molecule has 0 unspecified atom stereocenters. The molecule has 6 nitrogen and oxygen atoms in total. The Morgan fingerprint density at radius 2 is 2.03 bits per heavy atom. The van der Waals surface area contributed by atoms with Crippen LogP contribution in [0.4, 0.5) is 0 Å². The molecule has 0 bridgehead atoms. The lowest BCUT2D eigenvalue weighted by atomic mass is 10.1. The van der Waals surface area contributed by atoms with E-state index in [4.69, 9.17) is 11.6 Å². The lowest BCUT2D eigenvalue weighted by Gasteiger charge is -2.27. The highest BCUT2D eigenvalue weighted by Gasteiger charge is 2.23. The van der Waals surface area contributed by atoms with E-state index in [1.54, 1.807) is 22.9 Å². The number of aryl methyl sites for hydroxylation is 1. The number of carbonyl (C=O) groups excluding carboxylic acids is 2. The van der Waals surface area contributed by atoms with Gasteiger partial charge in [0.25, 0.3) is 5.91 Å². The van der Waals surface area contributed by atoms with Gasteiger partial charge < -0.3 is 10.2 Å². The molecule has 8 heteroatoms. The molecule has 0 atom stereocenters. The molecule has 0 saturated heterocycles. The van der Waals surface area contributed by atoms with Crippen molar-refractivity contribution in [1.82, 2.24) is 20.0 Å². The fraction of sp³-hybridized carbons (Fsp3) is 0.318. The van der Waals surface area contributed by atoms with Crippen molar-refractivity contribution in [3.8, 4) is 0 Å². The summed E-state index contributed by atoms with van der Waals surface area (Å²) in [5.41, 5.74) is 3.22. The van der Waals surface area contributed by atoms with Crippen LogP contribution in [0.2, 0.25) is 5.15 Å². The normalized spacial score (nSPS) is 13.2. The van der Waals surface area contributed by atoms with Crippen LogP contribution in [0.15, 0.2) is 41.8 Å². The summed E-state index contributed by atoms with van der Waals surface area (Å²) in [7, 11) is 0. The van der Waals surface area contributed by atoms with E-state index in [-0.39, 0.29) is 24.8 Å². The van der Waals surface area contributed by atoms with E-state index in [9.17, 15) is 9.59 Å². The molecule has 3 aromatic rings. The van der Waals surface area contributed by atoms with Crippen LogP contribution in [0, 0.1) is 6.92 Å². The second-order valence-electron chi connectivity index (χ2n) is 7.33. The SMILES string of the molecule is Cc1nn(Cc2ccccc2)c(Cl)c1C(=O)NCCC(=O)N1CCc2sccc2C1. The summed E-state index contributed by atoms with van der Waals surface area (Å²) in [5, 5.41) is 9.61. The van der Waals surface area contributed by atoms with Gasteiger partial charge >= 0.3 is 0 Å². The third-order valence-electron chi connectivity index (χ3n) is 5.25. The summed E-state index contributed by atoms with van der Waals surface area (Å²) < 4.78 is 1.62. The number of hydrogen-bond acceptors (Lipinski definition) is 4. The van der Waals surface area contributed by atoms with Gasteiger partial charge in [0, 0.05) is 30.9 Å². The summed E-state index contributed by atoms with van der Waals surface area (Å²) >= 11 is 8.19. The van der Waals surface area contributed by atoms with Crippen molar-refractivity contribution in [2.24, 2.45) is 0 Å². The van der Waals surface area contributed by atoms with Gasteiger partial charge in [-0.1, -0.05) is 41.9 Å². The minimum absolute atomic E-state index is 0.0507. The molecule has 1 aliphatic rings. The van der Waals surface area contributed by atoms with Crippen LogP contribution in [-0.2, 0) is 24.3 Å². The summed E-state index contributed by atoms with van der Waals surface area (Å²) in [6.07, 6.45) is 1.17. The fourth-order valence-corrected chi connectivity index (χ4v) is 4.87. The van der Waals surface area contributed by atoms with Gasteiger partial charge in [-0.3, -0.25) is 9.59 Å². The second kappa shape index (κ2) is 9.02. The average Bonchev–Trinajstić information content (AvgIpc) is 3.32. The summed E-state index contributed by atoms with van der Waals surface area (Å²) in [6.45, 7) is 3.91. The lowest BCUT2D eigenvalue weighted by molar-refractivity contribution is -0.131. The Hall–Kier alpha value is -2.64. The fourth-order valence-electron chi connectivity index (χ4n) is 3.66. The van der Waals surface area contributed by atoms with E-state index in [1.807, 2.05) is 35.2 Å². The number of fused-ring (bicyclic) bond motifs is 1. The molecule has 2 amide bonds. The van der Waals surface area contributed by atoms with Gasteiger partial charge in [-0.05, 0) is 35.9 Å². The van der Waals surface area contributed by atoms with Crippen molar-refractivity contribution in [3.05, 3.63) is 74.2 Å². The predicted octanol–water partition coefficient (Wildman–Crippen LogP) is 3.66. The third kappa shape index (κ3) is 4.42. The van der Waals surface area contributed by atoms with E-state index in [2.05, 4.69) is 21.9 Å². The maximum Gasteiger partial charge on any atom is 0.256 e. The Bertz CT molecular complexity index is 1060. The molecule has 4 rings (SSSR count). The highest BCUT2D eigenvalue weighted by atomic mass is 35.5. The van der Waals surface area contributed by atoms with Crippen LogP contribution >= 0.6 is 22.9 Å². The summed E-state index contributed by atoms with van der Waals surface area (Å²) in [4.78, 5) is 28.4. The van der Waals surface area contributed by atoms with Crippen LogP contribution in [0.5, 0.6) is 0 Å². The van der Waals surface area contributed by atoms with Gasteiger partial charge in [0.05, 0.1) is 17.8 Å². The van der Waals surface area contributed by atoms with Gasteiger partial charge in [0.2, 0.25) is 5.91 Å². The molecular weight excluding hydrogens is 420 g/mol. The Morgan fingerprint density at radius 1 is 1.23 bits per heavy atom. The Balaban J connectivity index is 1.32. The number of rotatable bonds is 6. The zero-order chi connectivity index (χ0) is 21.1. The van der Waals surface area contributed by atoms with Gasteiger partial charge in [0.15, 0.2) is 0 Å². The smallest absolute Gasteiger partial charge is 0.256 e. The first kappa shape index (κ1) is 20.6. The Morgan fingerprint density at radius 3 is 2.83 bits per heavy atom. The van der Waals surface area contributed by atoms with Crippen LogP contribution < -0.4 is 5.32 Å². The van der Waals surface area contributed by atoms with E-state index in [0.29, 0.717) is 29.5 Å². The monoisotopic (exact) mass is 442 g/mol. The van der Waals surface area contributed by atoms with Crippen LogP contribution in [0.1, 0.15) is 38.5 Å². The molecule has 156 valence electrons. The maximum absolute atomic E-state index is 12.7. The molecule has 0 fully saturated rings. The Kier molecular flexibility index (Phi) is 6.20. The Labute approximate surface area is 184 Å². The number of benzene rings is 1. The van der Waals surface area contributed by atoms with Crippen molar-refractivity contribution in [1.29, 1.82) is 0 Å². The standard InChI is InChI=1S/C22H23ClN4O2S/c1-15-20(21(23)27(25-15)13-16-5-3-2-4-6-16)22(29)24-10-7-19(28)26-11-8-18-17(14-26)9-12-30-18/h2-6,9,12H,7-8,10-11,13-14H2,1H3,(H,24,29). The molecule has 0 radical (unpaired) electrons. The van der Waals surface area contributed by atoms with Crippen molar-refractivity contribution >= 4 is 34.8 Å². The number of carbonyl (C=O) groups is 2. The number of hydrogen-bond donors (Lipinski definition) is 1. The molecule has 30 heavy (non-hydrogen) atoms. The van der Waals surface area contributed by atoms with Crippen LogP contribution in [-0.4, -0.2) is 39.6 Å². The second-order valence-corrected chi connectivity index (χ2v) is 8.69. The largest absolute Gasteiger partial charge is 0.351 e. The van der Waals surface area contributed by atoms with Crippen molar-refractivity contribution in [3.63, 3.8) is 0 Å². The van der Waals surface area contributed by atoms with Gasteiger partial charge in [-0.15, -0.1) is 11.3 Å². The number of thiophene rings is 1. The van der Waals surface area contributed by atoms with E-state index < -0.39 is 0 Å². The molecule has 0 aliphatic carbocycles. The molecule has 1 N–H and O–H groups in total. The number of nitrogens with zero attached hydrogens (tertiary/aromatic N) is 3. The number of amides is 2. The van der Waals surface area contributed by atoms with Crippen molar-refractivity contribution in [2.45, 2.75) is 32.9 Å². The summed E-state index contributed by atoms with van der Waals surface area (Å²) in [5.74, 6) is -0.252. The number of halogens is 1. The van der Waals surface area contributed by atoms with E-state index in [0.717, 1.165) is 18.5 Å².